The molecule has 0 aromatic heterocycles. The Bertz CT molecular complexity index is 712. The lowest BCUT2D eigenvalue weighted by Gasteiger charge is -2.20. The summed E-state index contributed by atoms with van der Waals surface area (Å²) < 4.78 is 7.12. The Kier molecular flexibility index (Phi) is 5.76. The zero-order valence-corrected chi connectivity index (χ0v) is 16.0. The predicted octanol–water partition coefficient (Wildman–Crippen LogP) is 4.97. The summed E-state index contributed by atoms with van der Waals surface area (Å²) in [6, 6.07) is 14.0. The van der Waals surface area contributed by atoms with Gasteiger partial charge in [0.25, 0.3) is 5.91 Å². The minimum absolute atomic E-state index is 0.101. The lowest BCUT2D eigenvalue weighted by Crippen LogP contribution is -2.32. The normalized spacial score (nSPS) is 14.6. The van der Waals surface area contributed by atoms with E-state index in [2.05, 4.69) is 40.0 Å². The van der Waals surface area contributed by atoms with Crippen LogP contribution in [0, 0.1) is 3.57 Å². The number of hydrogen-bond donors (Lipinski definition) is 1. The third kappa shape index (κ3) is 4.29. The number of ether oxygens (including phenoxy) is 1. The quantitative estimate of drug-likeness (QED) is 0.674. The average Bonchev–Trinajstić information content (AvgIpc) is 2.61. The zero-order valence-electron chi connectivity index (χ0n) is 13.8. The summed E-state index contributed by atoms with van der Waals surface area (Å²) in [7, 11) is 0. The number of carbonyl (C=O) groups excluding carboxylic acids is 1. The molecule has 3 nitrogen and oxygen atoms in total. The number of hydrogen-bond acceptors (Lipinski definition) is 2. The van der Waals surface area contributed by atoms with Crippen LogP contribution < -0.4 is 10.1 Å². The summed E-state index contributed by atoms with van der Waals surface area (Å²) in [4.78, 5) is 12.5. The molecule has 1 aliphatic carbocycles. The molecule has 24 heavy (non-hydrogen) atoms. The maximum atomic E-state index is 12.5. The molecule has 0 spiro atoms. The molecule has 1 amide bonds. The van der Waals surface area contributed by atoms with Crippen LogP contribution in [-0.2, 0) is 17.6 Å². The predicted molar refractivity (Wildman–Crippen MR) is 106 cm³/mol. The number of halogens is 1. The fourth-order valence-electron chi connectivity index (χ4n) is 3.03. The van der Waals surface area contributed by atoms with Gasteiger partial charge in [0.05, 0.1) is 0 Å². The summed E-state index contributed by atoms with van der Waals surface area (Å²) in [6.45, 7) is 1.97. The van der Waals surface area contributed by atoms with Crippen molar-refractivity contribution in [1.29, 1.82) is 0 Å². The van der Waals surface area contributed by atoms with E-state index in [9.17, 15) is 4.79 Å². The van der Waals surface area contributed by atoms with Crippen LogP contribution in [0.25, 0.3) is 0 Å². The second kappa shape index (κ2) is 8.01. The van der Waals surface area contributed by atoms with E-state index in [-0.39, 0.29) is 5.91 Å². The molecule has 1 unspecified atom stereocenters. The van der Waals surface area contributed by atoms with Crippen molar-refractivity contribution in [2.75, 3.05) is 5.32 Å². The Balaban J connectivity index is 1.67. The minimum atomic E-state index is -0.481. The largest absolute Gasteiger partial charge is 0.481 e. The first-order valence-electron chi connectivity index (χ1n) is 8.50. The molecule has 1 aliphatic rings. The molecule has 0 fully saturated rings. The van der Waals surface area contributed by atoms with E-state index in [1.807, 2.05) is 37.3 Å². The second-order valence-corrected chi connectivity index (χ2v) is 7.39. The highest BCUT2D eigenvalue weighted by Crippen LogP contribution is 2.26. The maximum absolute atomic E-state index is 12.5. The van der Waals surface area contributed by atoms with Gasteiger partial charge in [-0.25, -0.2) is 0 Å². The minimum Gasteiger partial charge on any atom is -0.481 e. The number of benzene rings is 2. The SMILES string of the molecule is CCC(Oc1ccc2c(c1)CCCC2)C(=O)Nc1ccc(I)cc1. The summed E-state index contributed by atoms with van der Waals surface area (Å²) >= 11 is 2.25. The van der Waals surface area contributed by atoms with Crippen molar-refractivity contribution >= 4 is 34.2 Å². The number of rotatable bonds is 5. The zero-order chi connectivity index (χ0) is 16.9. The lowest BCUT2D eigenvalue weighted by molar-refractivity contribution is -0.122. The highest BCUT2D eigenvalue weighted by atomic mass is 127. The van der Waals surface area contributed by atoms with Crippen molar-refractivity contribution in [1.82, 2.24) is 0 Å². The lowest BCUT2D eigenvalue weighted by atomic mass is 9.92. The van der Waals surface area contributed by atoms with Gasteiger partial charge in [-0.1, -0.05) is 13.0 Å². The fourth-order valence-corrected chi connectivity index (χ4v) is 3.39. The van der Waals surface area contributed by atoms with Crippen LogP contribution >= 0.6 is 22.6 Å². The average molecular weight is 435 g/mol. The third-order valence-corrected chi connectivity index (χ3v) is 5.09. The first kappa shape index (κ1) is 17.3. The van der Waals surface area contributed by atoms with Crippen LogP contribution in [0.15, 0.2) is 42.5 Å². The van der Waals surface area contributed by atoms with Crippen molar-refractivity contribution in [3.63, 3.8) is 0 Å². The Morgan fingerprint density at radius 3 is 2.54 bits per heavy atom. The van der Waals surface area contributed by atoms with E-state index in [0.29, 0.717) is 6.42 Å². The summed E-state index contributed by atoms with van der Waals surface area (Å²) in [6.07, 6.45) is 4.92. The highest BCUT2D eigenvalue weighted by Gasteiger charge is 2.19. The number of aryl methyl sites for hydroxylation is 2. The van der Waals surface area contributed by atoms with E-state index in [1.165, 1.54) is 24.0 Å². The van der Waals surface area contributed by atoms with Crippen LogP contribution in [0.1, 0.15) is 37.3 Å². The van der Waals surface area contributed by atoms with Crippen LogP contribution in [0.2, 0.25) is 0 Å². The molecule has 2 aromatic carbocycles. The molecule has 0 bridgehead atoms. The van der Waals surface area contributed by atoms with Gasteiger partial charge in [0.15, 0.2) is 6.10 Å². The van der Waals surface area contributed by atoms with E-state index in [0.717, 1.165) is 27.8 Å². The van der Waals surface area contributed by atoms with Gasteiger partial charge in [0.1, 0.15) is 5.75 Å². The molecule has 0 aliphatic heterocycles. The first-order chi connectivity index (χ1) is 11.7. The summed E-state index contributed by atoms with van der Waals surface area (Å²) in [5.74, 6) is 0.691. The van der Waals surface area contributed by atoms with E-state index < -0.39 is 6.10 Å². The van der Waals surface area contributed by atoms with Crippen molar-refractivity contribution in [2.24, 2.45) is 0 Å². The Hall–Kier alpha value is -1.56. The second-order valence-electron chi connectivity index (χ2n) is 6.15. The van der Waals surface area contributed by atoms with Gasteiger partial charge in [-0.2, -0.15) is 0 Å². The number of nitrogens with one attached hydrogen (secondary N) is 1. The van der Waals surface area contributed by atoms with Gasteiger partial charge in [0, 0.05) is 9.26 Å². The number of anilines is 1. The molecule has 1 N–H and O–H groups in total. The van der Waals surface area contributed by atoms with Crippen LogP contribution in [-0.4, -0.2) is 12.0 Å². The van der Waals surface area contributed by atoms with Gasteiger partial charge in [-0.3, -0.25) is 4.79 Å². The van der Waals surface area contributed by atoms with Gasteiger partial charge in [0.2, 0.25) is 0 Å². The summed E-state index contributed by atoms with van der Waals surface area (Å²) in [5.41, 5.74) is 3.59. The molecule has 0 saturated carbocycles. The van der Waals surface area contributed by atoms with Crippen LogP contribution in [0.5, 0.6) is 5.75 Å². The molecule has 0 radical (unpaired) electrons. The molecular formula is C20H22INO2. The topological polar surface area (TPSA) is 38.3 Å². The van der Waals surface area contributed by atoms with Crippen molar-refractivity contribution in [2.45, 2.75) is 45.1 Å². The van der Waals surface area contributed by atoms with Gasteiger partial charge in [-0.05, 0) is 102 Å². The van der Waals surface area contributed by atoms with Crippen molar-refractivity contribution < 1.29 is 9.53 Å². The molecule has 0 heterocycles. The Labute approximate surface area is 156 Å². The smallest absolute Gasteiger partial charge is 0.265 e. The number of carbonyl (C=O) groups is 1. The molecular weight excluding hydrogens is 413 g/mol. The maximum Gasteiger partial charge on any atom is 0.265 e. The molecule has 4 heteroatoms. The molecule has 3 rings (SSSR count). The van der Waals surface area contributed by atoms with Crippen molar-refractivity contribution in [3.05, 3.63) is 57.2 Å². The first-order valence-corrected chi connectivity index (χ1v) is 9.58. The molecule has 126 valence electrons. The van der Waals surface area contributed by atoms with Gasteiger partial charge >= 0.3 is 0 Å². The standard InChI is InChI=1S/C20H22INO2/c1-2-19(20(23)22-17-10-8-16(21)9-11-17)24-18-12-7-14-5-3-4-6-15(14)13-18/h7-13,19H,2-6H2,1H3,(H,22,23). The Morgan fingerprint density at radius 2 is 1.83 bits per heavy atom. The third-order valence-electron chi connectivity index (χ3n) is 4.37. The molecule has 2 aromatic rings. The summed E-state index contributed by atoms with van der Waals surface area (Å²) in [5, 5.41) is 2.94. The van der Waals surface area contributed by atoms with Crippen LogP contribution in [0.4, 0.5) is 5.69 Å². The monoisotopic (exact) mass is 435 g/mol. The van der Waals surface area contributed by atoms with Gasteiger partial charge < -0.3 is 10.1 Å². The highest BCUT2D eigenvalue weighted by molar-refractivity contribution is 14.1. The van der Waals surface area contributed by atoms with E-state index in [1.54, 1.807) is 0 Å². The molecule has 1 atom stereocenters. The van der Waals surface area contributed by atoms with E-state index >= 15 is 0 Å². The number of fused-ring (bicyclic) bond motifs is 1. The van der Waals surface area contributed by atoms with Crippen molar-refractivity contribution in [3.8, 4) is 5.75 Å². The van der Waals surface area contributed by atoms with Crippen LogP contribution in [0.3, 0.4) is 0 Å². The van der Waals surface area contributed by atoms with E-state index in [4.69, 9.17) is 4.74 Å². The van der Waals surface area contributed by atoms with Gasteiger partial charge in [-0.15, -0.1) is 0 Å². The Morgan fingerprint density at radius 1 is 1.12 bits per heavy atom. The number of amides is 1. The fraction of sp³-hybridized carbons (Fsp3) is 0.350. The molecule has 0 saturated heterocycles.